The molecule has 0 radical (unpaired) electrons. The van der Waals surface area contributed by atoms with Gasteiger partial charge in [-0.3, -0.25) is 4.98 Å². The maximum Gasteiger partial charge on any atom is 0.357 e. The fraction of sp³-hybridized carbons (Fsp3) is 0.263. The molecule has 2 heterocycles. The Morgan fingerprint density at radius 3 is 2.42 bits per heavy atom. The first kappa shape index (κ1) is 22.9. The number of azide groups is 1. The zero-order valence-electron chi connectivity index (χ0n) is 16.6. The zero-order chi connectivity index (χ0) is 22.6. The molecule has 0 unspecified atom stereocenters. The molecule has 3 aromatic rings. The average Bonchev–Trinajstić information content (AvgIpc) is 3.05. The SMILES string of the molecule is CC(C)c1nc(CN=[N+]=[N-])n(Cc2ccncc2)c1S(=O)(=O)Oc1cc(Cl)cc(Cl)c1. The molecular formula is C19H18Cl2N6O3S. The van der Waals surface area contributed by atoms with Crippen molar-refractivity contribution in [2.45, 2.75) is 37.9 Å². The van der Waals surface area contributed by atoms with Crippen LogP contribution in [-0.4, -0.2) is 23.0 Å². The monoisotopic (exact) mass is 480 g/mol. The lowest BCUT2D eigenvalue weighted by Crippen LogP contribution is -2.19. The predicted octanol–water partition coefficient (Wildman–Crippen LogP) is 5.33. The predicted molar refractivity (Wildman–Crippen MR) is 117 cm³/mol. The van der Waals surface area contributed by atoms with Gasteiger partial charge in [0.15, 0.2) is 5.03 Å². The normalized spacial score (nSPS) is 11.4. The van der Waals surface area contributed by atoms with Crippen LogP contribution >= 0.6 is 23.2 Å². The molecule has 0 amide bonds. The number of imidazole rings is 1. The van der Waals surface area contributed by atoms with E-state index in [2.05, 4.69) is 20.0 Å². The molecule has 162 valence electrons. The summed E-state index contributed by atoms with van der Waals surface area (Å²) < 4.78 is 33.6. The van der Waals surface area contributed by atoms with E-state index in [0.717, 1.165) is 5.56 Å². The second-order valence-electron chi connectivity index (χ2n) is 6.85. The minimum Gasteiger partial charge on any atom is -0.378 e. The third-order valence-corrected chi connectivity index (χ3v) is 5.97. The van der Waals surface area contributed by atoms with Gasteiger partial charge < -0.3 is 8.75 Å². The van der Waals surface area contributed by atoms with Crippen molar-refractivity contribution in [1.29, 1.82) is 0 Å². The van der Waals surface area contributed by atoms with Crippen molar-refractivity contribution in [3.63, 3.8) is 0 Å². The molecule has 0 aliphatic rings. The maximum absolute atomic E-state index is 13.4. The largest absolute Gasteiger partial charge is 0.378 e. The standard InChI is InChI=1S/C19H18Cl2N6O3S/c1-12(2)18-19(31(28,29)30-16-8-14(20)7-15(21)9-16)27(17(25-18)10-24-26-22)11-13-3-5-23-6-4-13/h3-9,12H,10-11H2,1-2H3. The van der Waals surface area contributed by atoms with Gasteiger partial charge in [-0.05, 0) is 35.2 Å². The molecule has 1 aromatic carbocycles. The highest BCUT2D eigenvalue weighted by molar-refractivity contribution is 7.87. The van der Waals surface area contributed by atoms with Gasteiger partial charge >= 0.3 is 10.1 Å². The summed E-state index contributed by atoms with van der Waals surface area (Å²) in [6, 6.07) is 7.67. The van der Waals surface area contributed by atoms with E-state index in [1.807, 2.05) is 13.8 Å². The lowest BCUT2D eigenvalue weighted by Gasteiger charge is -2.14. The van der Waals surface area contributed by atoms with Crippen LogP contribution in [0.5, 0.6) is 5.75 Å². The molecule has 0 spiro atoms. The topological polar surface area (TPSA) is 123 Å². The summed E-state index contributed by atoms with van der Waals surface area (Å²) in [5, 5.41) is 3.90. The van der Waals surface area contributed by atoms with Crippen LogP contribution in [0.4, 0.5) is 0 Å². The summed E-state index contributed by atoms with van der Waals surface area (Å²) in [5.41, 5.74) is 9.83. The molecule has 2 aromatic heterocycles. The van der Waals surface area contributed by atoms with E-state index < -0.39 is 10.1 Å². The number of nitrogens with zero attached hydrogens (tertiary/aromatic N) is 6. The van der Waals surface area contributed by atoms with Crippen molar-refractivity contribution in [2.24, 2.45) is 5.11 Å². The van der Waals surface area contributed by atoms with Crippen LogP contribution in [0.15, 0.2) is 52.9 Å². The van der Waals surface area contributed by atoms with Crippen molar-refractivity contribution < 1.29 is 12.6 Å². The van der Waals surface area contributed by atoms with Crippen LogP contribution < -0.4 is 4.18 Å². The van der Waals surface area contributed by atoms with Crippen molar-refractivity contribution in [1.82, 2.24) is 14.5 Å². The van der Waals surface area contributed by atoms with Crippen LogP contribution in [0.3, 0.4) is 0 Å². The number of hydrogen-bond donors (Lipinski definition) is 0. The summed E-state index contributed by atoms with van der Waals surface area (Å²) in [4.78, 5) is 11.2. The number of benzene rings is 1. The van der Waals surface area contributed by atoms with Crippen LogP contribution in [0, 0.1) is 0 Å². The van der Waals surface area contributed by atoms with Crippen LogP contribution in [0.1, 0.15) is 36.8 Å². The summed E-state index contributed by atoms with van der Waals surface area (Å²) in [6.07, 6.45) is 3.20. The van der Waals surface area contributed by atoms with E-state index in [1.165, 1.54) is 22.8 Å². The molecule has 31 heavy (non-hydrogen) atoms. The van der Waals surface area contributed by atoms with E-state index in [0.29, 0.717) is 11.5 Å². The molecular weight excluding hydrogens is 463 g/mol. The van der Waals surface area contributed by atoms with Gasteiger partial charge in [-0.25, -0.2) is 4.98 Å². The Labute approximate surface area is 189 Å². The molecule has 0 aliphatic heterocycles. The molecule has 0 N–H and O–H groups in total. The fourth-order valence-electron chi connectivity index (χ4n) is 2.93. The van der Waals surface area contributed by atoms with E-state index >= 15 is 0 Å². The Bertz CT molecular complexity index is 1220. The lowest BCUT2D eigenvalue weighted by molar-refractivity contribution is 0.471. The number of rotatable bonds is 8. The Morgan fingerprint density at radius 1 is 1.19 bits per heavy atom. The Hall–Kier alpha value is -2.78. The molecule has 0 bridgehead atoms. The van der Waals surface area contributed by atoms with Crippen molar-refractivity contribution in [3.05, 3.63) is 80.3 Å². The van der Waals surface area contributed by atoms with Crippen LogP contribution in [-0.2, 0) is 23.2 Å². The van der Waals surface area contributed by atoms with Crippen molar-refractivity contribution >= 4 is 33.3 Å². The molecule has 0 atom stereocenters. The molecule has 0 saturated carbocycles. The van der Waals surface area contributed by atoms with Crippen LogP contribution in [0.2, 0.25) is 10.0 Å². The average molecular weight is 481 g/mol. The quantitative estimate of drug-likeness (QED) is 0.186. The highest BCUT2D eigenvalue weighted by Gasteiger charge is 2.31. The maximum atomic E-state index is 13.4. The number of halogens is 2. The molecule has 3 rings (SSSR count). The summed E-state index contributed by atoms with van der Waals surface area (Å²) in [7, 11) is -4.34. The van der Waals surface area contributed by atoms with Crippen LogP contribution in [0.25, 0.3) is 10.4 Å². The summed E-state index contributed by atoms with van der Waals surface area (Å²) >= 11 is 12.0. The summed E-state index contributed by atoms with van der Waals surface area (Å²) in [6.45, 7) is 3.66. The van der Waals surface area contributed by atoms with Gasteiger partial charge in [-0.15, -0.1) is 0 Å². The number of hydrogen-bond acceptors (Lipinski definition) is 6. The third-order valence-electron chi connectivity index (χ3n) is 4.22. The van der Waals surface area contributed by atoms with Gasteiger partial charge in [-0.1, -0.05) is 42.2 Å². The first-order valence-corrected chi connectivity index (χ1v) is 11.3. The molecule has 9 nitrogen and oxygen atoms in total. The van der Waals surface area contributed by atoms with E-state index in [1.54, 1.807) is 24.5 Å². The summed E-state index contributed by atoms with van der Waals surface area (Å²) in [5.74, 6) is 0.0184. The molecule has 12 heteroatoms. The van der Waals surface area contributed by atoms with E-state index in [4.69, 9.17) is 32.9 Å². The van der Waals surface area contributed by atoms with Crippen molar-refractivity contribution in [2.75, 3.05) is 0 Å². The fourth-order valence-corrected chi connectivity index (χ4v) is 4.85. The first-order valence-electron chi connectivity index (χ1n) is 9.11. The van der Waals surface area contributed by atoms with E-state index in [9.17, 15) is 8.42 Å². The Kier molecular flexibility index (Phi) is 7.07. The molecule has 0 aliphatic carbocycles. The second-order valence-corrected chi connectivity index (χ2v) is 9.18. The Balaban J connectivity index is 2.17. The first-order chi connectivity index (χ1) is 14.7. The second kappa shape index (κ2) is 9.57. The lowest BCUT2D eigenvalue weighted by atomic mass is 10.1. The van der Waals surface area contributed by atoms with Gasteiger partial charge in [-0.2, -0.15) is 8.42 Å². The smallest absolute Gasteiger partial charge is 0.357 e. The highest BCUT2D eigenvalue weighted by atomic mass is 35.5. The minimum absolute atomic E-state index is 0.0273. The van der Waals surface area contributed by atoms with Gasteiger partial charge in [0.25, 0.3) is 0 Å². The Morgan fingerprint density at radius 2 is 1.84 bits per heavy atom. The zero-order valence-corrected chi connectivity index (χ0v) is 18.9. The van der Waals surface area contributed by atoms with Gasteiger partial charge in [0.1, 0.15) is 11.6 Å². The van der Waals surface area contributed by atoms with Gasteiger partial charge in [0, 0.05) is 39.5 Å². The third kappa shape index (κ3) is 5.48. The number of pyridine rings is 1. The highest BCUT2D eigenvalue weighted by Crippen LogP contribution is 2.31. The van der Waals surface area contributed by atoms with Gasteiger partial charge in [0.2, 0.25) is 0 Å². The minimum atomic E-state index is -4.34. The molecule has 0 saturated heterocycles. The van der Waals surface area contributed by atoms with Gasteiger partial charge in [0.05, 0.1) is 18.8 Å². The number of aromatic nitrogens is 3. The van der Waals surface area contributed by atoms with E-state index in [-0.39, 0.29) is 39.8 Å². The van der Waals surface area contributed by atoms with Crippen molar-refractivity contribution in [3.8, 4) is 5.75 Å². The molecule has 0 fully saturated rings.